The van der Waals surface area contributed by atoms with E-state index in [1.807, 2.05) is 28.8 Å². The van der Waals surface area contributed by atoms with Crippen LogP contribution in [-0.4, -0.2) is 34.4 Å². The van der Waals surface area contributed by atoms with Crippen LogP contribution in [0.4, 0.5) is 11.4 Å². The number of non-ortho nitro benzene ring substituents is 1. The zero-order valence-corrected chi connectivity index (χ0v) is 17.1. The van der Waals surface area contributed by atoms with Gasteiger partial charge in [0.05, 0.1) is 28.1 Å². The Bertz CT molecular complexity index is 1330. The zero-order valence-electron chi connectivity index (χ0n) is 17.1. The number of rotatable bonds is 7. The summed E-state index contributed by atoms with van der Waals surface area (Å²) in [6.45, 7) is 1.78. The lowest BCUT2D eigenvalue weighted by Crippen LogP contribution is -2.20. The molecule has 0 saturated heterocycles. The highest BCUT2D eigenvalue weighted by atomic mass is 16.6. The predicted octanol–water partition coefficient (Wildman–Crippen LogP) is 4.19. The number of esters is 1. The zero-order chi connectivity index (χ0) is 22.7. The molecule has 0 aliphatic carbocycles. The van der Waals surface area contributed by atoms with E-state index < -0.39 is 16.8 Å². The average Bonchev–Trinajstić information content (AvgIpc) is 3.12. The molecule has 0 radical (unpaired) electrons. The molecule has 2 heterocycles. The monoisotopic (exact) mass is 433 g/mol. The first-order valence-electron chi connectivity index (χ1n) is 9.85. The molecule has 0 unspecified atom stereocenters. The number of aromatic nitrogens is 1. The summed E-state index contributed by atoms with van der Waals surface area (Å²) < 4.78 is 12.7. The highest BCUT2D eigenvalue weighted by molar-refractivity contribution is 6.12. The van der Waals surface area contributed by atoms with Crippen LogP contribution in [0.1, 0.15) is 17.3 Å². The smallest absolute Gasteiger partial charge is 0.340 e. The van der Waals surface area contributed by atoms with Gasteiger partial charge in [-0.2, -0.15) is 0 Å². The van der Waals surface area contributed by atoms with Crippen LogP contribution >= 0.6 is 0 Å². The Hall–Kier alpha value is -4.40. The number of ether oxygens (including phenoxy) is 2. The van der Waals surface area contributed by atoms with Gasteiger partial charge in [-0.15, -0.1) is 0 Å². The number of fused-ring (bicyclic) bond motifs is 3. The van der Waals surface area contributed by atoms with Crippen molar-refractivity contribution in [1.82, 2.24) is 4.40 Å². The summed E-state index contributed by atoms with van der Waals surface area (Å²) in [4.78, 5) is 34.9. The second-order valence-electron chi connectivity index (χ2n) is 6.87. The molecule has 0 aliphatic rings. The van der Waals surface area contributed by atoms with Crippen LogP contribution in [-0.2, 0) is 9.53 Å². The number of carbonyl (C=O) groups excluding carboxylic acids is 2. The first kappa shape index (κ1) is 20.9. The molecule has 4 aromatic rings. The quantitative estimate of drug-likeness (QED) is 0.266. The third-order valence-electron chi connectivity index (χ3n) is 4.83. The van der Waals surface area contributed by atoms with Gasteiger partial charge in [-0.05, 0) is 43.3 Å². The van der Waals surface area contributed by atoms with E-state index in [9.17, 15) is 19.7 Å². The molecule has 2 aromatic heterocycles. The summed E-state index contributed by atoms with van der Waals surface area (Å²) in [5, 5.41) is 14.1. The summed E-state index contributed by atoms with van der Waals surface area (Å²) in [6.07, 6.45) is 1.84. The molecule has 32 heavy (non-hydrogen) atoms. The molecular formula is C23H19N3O6. The fourth-order valence-corrected chi connectivity index (χ4v) is 3.44. The Kier molecular flexibility index (Phi) is 5.71. The molecule has 4 rings (SSSR count). The number of hydrogen-bond donors (Lipinski definition) is 1. The molecule has 0 saturated carbocycles. The van der Waals surface area contributed by atoms with E-state index in [2.05, 4.69) is 5.32 Å². The maximum Gasteiger partial charge on any atom is 0.340 e. The van der Waals surface area contributed by atoms with Crippen molar-refractivity contribution in [2.45, 2.75) is 6.92 Å². The lowest BCUT2D eigenvalue weighted by atomic mass is 10.1. The number of benzene rings is 2. The molecule has 9 heteroatoms. The number of nitro groups is 1. The van der Waals surface area contributed by atoms with Gasteiger partial charge >= 0.3 is 5.97 Å². The number of nitro benzene ring substituents is 1. The van der Waals surface area contributed by atoms with E-state index >= 15 is 0 Å². The number of nitrogens with zero attached hydrogens (tertiary/aromatic N) is 2. The van der Waals surface area contributed by atoms with E-state index in [1.54, 1.807) is 25.1 Å². The van der Waals surface area contributed by atoms with E-state index in [4.69, 9.17) is 9.47 Å². The number of nitrogens with one attached hydrogen (secondary N) is 1. The Morgan fingerprint density at radius 1 is 1.06 bits per heavy atom. The molecule has 0 bridgehead atoms. The van der Waals surface area contributed by atoms with Crippen molar-refractivity contribution in [2.75, 3.05) is 18.5 Å². The van der Waals surface area contributed by atoms with Crippen LogP contribution < -0.4 is 10.1 Å². The van der Waals surface area contributed by atoms with Gasteiger partial charge in [-0.3, -0.25) is 14.9 Å². The summed E-state index contributed by atoms with van der Waals surface area (Å²) in [5.74, 6) is -0.358. The van der Waals surface area contributed by atoms with Gasteiger partial charge in [0.15, 0.2) is 6.61 Å². The van der Waals surface area contributed by atoms with Crippen molar-refractivity contribution in [1.29, 1.82) is 0 Å². The first-order chi connectivity index (χ1) is 15.5. The van der Waals surface area contributed by atoms with Crippen LogP contribution in [0.5, 0.6) is 5.75 Å². The van der Waals surface area contributed by atoms with Crippen molar-refractivity contribution in [2.24, 2.45) is 0 Å². The maximum atomic E-state index is 12.5. The van der Waals surface area contributed by atoms with Crippen molar-refractivity contribution in [3.05, 3.63) is 82.5 Å². The number of hydrogen-bond acceptors (Lipinski definition) is 6. The van der Waals surface area contributed by atoms with Gasteiger partial charge < -0.3 is 19.2 Å². The van der Waals surface area contributed by atoms with Gasteiger partial charge in [0, 0.05) is 35.5 Å². The van der Waals surface area contributed by atoms with E-state index in [0.717, 1.165) is 10.9 Å². The van der Waals surface area contributed by atoms with Crippen LogP contribution in [0.25, 0.3) is 16.4 Å². The Labute approximate surface area is 182 Å². The van der Waals surface area contributed by atoms with Crippen LogP contribution in [0, 0.1) is 10.1 Å². The van der Waals surface area contributed by atoms with E-state index in [-0.39, 0.29) is 18.9 Å². The van der Waals surface area contributed by atoms with Crippen LogP contribution in [0.3, 0.4) is 0 Å². The van der Waals surface area contributed by atoms with E-state index in [1.165, 1.54) is 24.3 Å². The molecule has 0 atom stereocenters. The van der Waals surface area contributed by atoms with Crippen LogP contribution in [0.2, 0.25) is 0 Å². The average molecular weight is 433 g/mol. The third kappa shape index (κ3) is 4.08. The Morgan fingerprint density at radius 2 is 1.84 bits per heavy atom. The van der Waals surface area contributed by atoms with Gasteiger partial charge in [0.2, 0.25) is 0 Å². The topological polar surface area (TPSA) is 112 Å². The number of anilines is 1. The fourth-order valence-electron chi connectivity index (χ4n) is 3.44. The van der Waals surface area contributed by atoms with Crippen LogP contribution in [0.15, 0.2) is 66.9 Å². The molecule has 162 valence electrons. The molecule has 0 spiro atoms. The second kappa shape index (κ2) is 8.76. The fraction of sp³-hybridized carbons (Fsp3) is 0.130. The van der Waals surface area contributed by atoms with Gasteiger partial charge in [0.25, 0.3) is 11.6 Å². The molecule has 0 aliphatic heterocycles. The summed E-state index contributed by atoms with van der Waals surface area (Å²) in [7, 11) is 0. The Balaban J connectivity index is 1.53. The van der Waals surface area contributed by atoms with Crippen molar-refractivity contribution in [3.8, 4) is 5.75 Å². The van der Waals surface area contributed by atoms with Crippen molar-refractivity contribution >= 4 is 39.7 Å². The first-order valence-corrected chi connectivity index (χ1v) is 9.85. The maximum absolute atomic E-state index is 12.5. The summed E-state index contributed by atoms with van der Waals surface area (Å²) >= 11 is 0. The standard InChI is InChI=1S/C23H19N3O6/c1-2-31-23(28)22-18-11-10-17(13-20(18)25-12-4-3-5-19(22)25)32-14-21(27)24-15-6-8-16(9-7-15)26(29)30/h3-13H,2,14H2,1H3,(H,24,27). The third-order valence-corrected chi connectivity index (χ3v) is 4.83. The molecular weight excluding hydrogens is 414 g/mol. The number of carbonyl (C=O) groups is 2. The number of amides is 1. The number of pyridine rings is 1. The minimum Gasteiger partial charge on any atom is -0.484 e. The largest absolute Gasteiger partial charge is 0.484 e. The normalized spacial score (nSPS) is 10.8. The molecule has 0 fully saturated rings. The van der Waals surface area contributed by atoms with Gasteiger partial charge in [0.1, 0.15) is 5.75 Å². The molecule has 1 amide bonds. The second-order valence-corrected chi connectivity index (χ2v) is 6.87. The minimum absolute atomic E-state index is 0.0610. The summed E-state index contributed by atoms with van der Waals surface area (Å²) in [5.41, 5.74) is 2.31. The molecule has 9 nitrogen and oxygen atoms in total. The summed E-state index contributed by atoms with van der Waals surface area (Å²) in [6, 6.07) is 16.3. The lowest BCUT2D eigenvalue weighted by Gasteiger charge is -2.08. The predicted molar refractivity (Wildman–Crippen MR) is 118 cm³/mol. The van der Waals surface area contributed by atoms with Gasteiger partial charge in [-0.1, -0.05) is 6.07 Å². The molecule has 2 aromatic carbocycles. The lowest BCUT2D eigenvalue weighted by molar-refractivity contribution is -0.384. The highest BCUT2D eigenvalue weighted by Gasteiger charge is 2.19. The van der Waals surface area contributed by atoms with Crippen molar-refractivity contribution < 1.29 is 24.0 Å². The van der Waals surface area contributed by atoms with Crippen molar-refractivity contribution in [3.63, 3.8) is 0 Å². The van der Waals surface area contributed by atoms with Gasteiger partial charge in [-0.25, -0.2) is 4.79 Å². The minimum atomic E-state index is -0.510. The van der Waals surface area contributed by atoms with E-state index in [0.29, 0.717) is 22.5 Å². The SMILES string of the molecule is CCOC(=O)c1c2ccc(OCC(=O)Nc3ccc([N+](=O)[O-])cc3)cc2n2ccccc12. The Morgan fingerprint density at radius 3 is 2.56 bits per heavy atom. The highest BCUT2D eigenvalue weighted by Crippen LogP contribution is 2.30. The molecule has 1 N–H and O–H groups in total.